The van der Waals surface area contributed by atoms with Gasteiger partial charge in [-0.1, -0.05) is 13.3 Å². The Hall–Kier alpha value is -0.0800. The highest BCUT2D eigenvalue weighted by atomic mass is 16.5. The average Bonchev–Trinajstić information content (AvgIpc) is 2.15. The Morgan fingerprint density at radius 3 is 2.69 bits per heavy atom. The maximum absolute atomic E-state index is 5.89. The van der Waals surface area contributed by atoms with E-state index in [1.807, 2.05) is 0 Å². The van der Waals surface area contributed by atoms with Crippen LogP contribution in [0.5, 0.6) is 0 Å². The van der Waals surface area contributed by atoms with Crippen LogP contribution in [0.25, 0.3) is 0 Å². The monoisotopic (exact) mass is 225 g/mol. The van der Waals surface area contributed by atoms with Gasteiger partial charge in [0.1, 0.15) is 0 Å². The lowest BCUT2D eigenvalue weighted by Crippen LogP contribution is -2.50. The minimum absolute atomic E-state index is 0.120. The lowest BCUT2D eigenvalue weighted by molar-refractivity contribution is -0.0800. The molecule has 3 unspecified atom stereocenters. The van der Waals surface area contributed by atoms with E-state index in [0.717, 1.165) is 18.9 Å². The first-order valence-corrected chi connectivity index (χ1v) is 7.03. The Kier molecular flexibility index (Phi) is 3.91. The summed E-state index contributed by atoms with van der Waals surface area (Å²) in [5.74, 6) is 0.940. The molecular formula is C14H27NO. The Balaban J connectivity index is 1.80. The zero-order chi connectivity index (χ0) is 11.6. The van der Waals surface area contributed by atoms with Gasteiger partial charge in [-0.2, -0.15) is 0 Å². The predicted octanol–water partition coefficient (Wildman–Crippen LogP) is 3.11. The minimum Gasteiger partial charge on any atom is -0.375 e. The molecule has 3 atom stereocenters. The van der Waals surface area contributed by atoms with Gasteiger partial charge in [0, 0.05) is 18.7 Å². The van der Waals surface area contributed by atoms with E-state index in [1.165, 1.54) is 32.1 Å². The van der Waals surface area contributed by atoms with E-state index in [0.29, 0.717) is 12.1 Å². The first kappa shape index (κ1) is 12.4. The molecule has 0 amide bonds. The zero-order valence-corrected chi connectivity index (χ0v) is 11.1. The molecule has 2 aliphatic rings. The van der Waals surface area contributed by atoms with Gasteiger partial charge in [-0.05, 0) is 51.9 Å². The van der Waals surface area contributed by atoms with Crippen LogP contribution < -0.4 is 5.32 Å². The van der Waals surface area contributed by atoms with Crippen molar-refractivity contribution in [1.82, 2.24) is 5.32 Å². The van der Waals surface area contributed by atoms with E-state index >= 15 is 0 Å². The van der Waals surface area contributed by atoms with Gasteiger partial charge in [0.15, 0.2) is 0 Å². The Bertz CT molecular complexity index is 227. The third-order valence-corrected chi connectivity index (χ3v) is 4.70. The summed E-state index contributed by atoms with van der Waals surface area (Å²) in [5, 5.41) is 3.83. The van der Waals surface area contributed by atoms with E-state index < -0.39 is 0 Å². The van der Waals surface area contributed by atoms with Gasteiger partial charge in [0.25, 0.3) is 0 Å². The summed E-state index contributed by atoms with van der Waals surface area (Å²) in [7, 11) is 0. The summed E-state index contributed by atoms with van der Waals surface area (Å²) < 4.78 is 5.89. The second kappa shape index (κ2) is 5.05. The fraction of sp³-hybridized carbons (Fsp3) is 1.00. The highest BCUT2D eigenvalue weighted by Gasteiger charge is 2.33. The number of ether oxygens (including phenoxy) is 1. The average molecular weight is 225 g/mol. The lowest BCUT2D eigenvalue weighted by atomic mass is 9.79. The second-order valence-corrected chi connectivity index (χ2v) is 5.99. The second-order valence-electron chi connectivity index (χ2n) is 5.99. The lowest BCUT2D eigenvalue weighted by Gasteiger charge is -2.41. The van der Waals surface area contributed by atoms with Crippen molar-refractivity contribution in [1.29, 1.82) is 0 Å². The summed E-state index contributed by atoms with van der Waals surface area (Å²) in [6.07, 6.45) is 7.80. The van der Waals surface area contributed by atoms with Crippen molar-refractivity contribution in [3.8, 4) is 0 Å². The first-order chi connectivity index (χ1) is 7.63. The van der Waals surface area contributed by atoms with Crippen molar-refractivity contribution in [2.24, 2.45) is 5.92 Å². The third-order valence-electron chi connectivity index (χ3n) is 4.70. The summed E-state index contributed by atoms with van der Waals surface area (Å²) in [6.45, 7) is 7.79. The van der Waals surface area contributed by atoms with Gasteiger partial charge < -0.3 is 10.1 Å². The maximum atomic E-state index is 5.89. The van der Waals surface area contributed by atoms with E-state index in [2.05, 4.69) is 26.1 Å². The minimum atomic E-state index is 0.120. The highest BCUT2D eigenvalue weighted by molar-refractivity contribution is 4.89. The van der Waals surface area contributed by atoms with Crippen molar-refractivity contribution in [3.63, 3.8) is 0 Å². The smallest absolute Gasteiger partial charge is 0.0666 e. The van der Waals surface area contributed by atoms with Crippen molar-refractivity contribution in [2.45, 2.75) is 77.0 Å². The predicted molar refractivity (Wildman–Crippen MR) is 67.6 cm³/mol. The van der Waals surface area contributed by atoms with Crippen LogP contribution in [-0.4, -0.2) is 24.3 Å². The SMILES string of the molecule is CCC1(C)CC(NC(C)C2CCC2)CCO1. The fourth-order valence-corrected chi connectivity index (χ4v) is 2.97. The molecule has 0 aromatic heterocycles. The number of hydrogen-bond donors (Lipinski definition) is 1. The molecule has 16 heavy (non-hydrogen) atoms. The molecule has 1 heterocycles. The summed E-state index contributed by atoms with van der Waals surface area (Å²) in [4.78, 5) is 0. The Morgan fingerprint density at radius 2 is 2.12 bits per heavy atom. The highest BCUT2D eigenvalue weighted by Crippen LogP contribution is 2.32. The molecule has 0 aromatic rings. The van der Waals surface area contributed by atoms with Crippen LogP contribution in [0.3, 0.4) is 0 Å². The summed E-state index contributed by atoms with van der Waals surface area (Å²) in [5.41, 5.74) is 0.120. The van der Waals surface area contributed by atoms with Crippen molar-refractivity contribution in [2.75, 3.05) is 6.61 Å². The summed E-state index contributed by atoms with van der Waals surface area (Å²) >= 11 is 0. The van der Waals surface area contributed by atoms with Gasteiger partial charge in [-0.3, -0.25) is 0 Å². The topological polar surface area (TPSA) is 21.3 Å². The molecule has 1 N–H and O–H groups in total. The molecule has 2 heteroatoms. The molecule has 1 saturated carbocycles. The molecule has 0 bridgehead atoms. The van der Waals surface area contributed by atoms with Crippen molar-refractivity contribution >= 4 is 0 Å². The molecule has 1 saturated heterocycles. The van der Waals surface area contributed by atoms with Gasteiger partial charge >= 0.3 is 0 Å². The molecular weight excluding hydrogens is 198 g/mol. The first-order valence-electron chi connectivity index (χ1n) is 7.03. The molecule has 0 spiro atoms. The number of rotatable bonds is 4. The van der Waals surface area contributed by atoms with E-state index in [9.17, 15) is 0 Å². The van der Waals surface area contributed by atoms with Crippen LogP contribution in [-0.2, 0) is 4.74 Å². The Morgan fingerprint density at radius 1 is 1.38 bits per heavy atom. The zero-order valence-electron chi connectivity index (χ0n) is 11.1. The third kappa shape index (κ3) is 2.78. The quantitative estimate of drug-likeness (QED) is 0.794. The van der Waals surface area contributed by atoms with Crippen LogP contribution in [0.2, 0.25) is 0 Å². The van der Waals surface area contributed by atoms with Gasteiger partial charge in [-0.15, -0.1) is 0 Å². The summed E-state index contributed by atoms with van der Waals surface area (Å²) in [6, 6.07) is 1.38. The fourth-order valence-electron chi connectivity index (χ4n) is 2.97. The van der Waals surface area contributed by atoms with Crippen LogP contribution in [0.1, 0.15) is 59.3 Å². The molecule has 94 valence electrons. The molecule has 2 nitrogen and oxygen atoms in total. The largest absolute Gasteiger partial charge is 0.375 e. The van der Waals surface area contributed by atoms with E-state index in [4.69, 9.17) is 4.74 Å². The van der Waals surface area contributed by atoms with Crippen LogP contribution in [0.15, 0.2) is 0 Å². The van der Waals surface area contributed by atoms with Crippen LogP contribution in [0.4, 0.5) is 0 Å². The molecule has 2 fully saturated rings. The number of nitrogens with one attached hydrogen (secondary N) is 1. The molecule has 2 rings (SSSR count). The van der Waals surface area contributed by atoms with Gasteiger partial charge in [0.2, 0.25) is 0 Å². The molecule has 1 aliphatic heterocycles. The van der Waals surface area contributed by atoms with E-state index in [1.54, 1.807) is 0 Å². The number of hydrogen-bond acceptors (Lipinski definition) is 2. The normalized spacial score (nSPS) is 38.1. The van der Waals surface area contributed by atoms with Crippen LogP contribution in [0, 0.1) is 5.92 Å². The van der Waals surface area contributed by atoms with Gasteiger partial charge in [-0.25, -0.2) is 0 Å². The molecule has 1 aliphatic carbocycles. The van der Waals surface area contributed by atoms with Gasteiger partial charge in [0.05, 0.1) is 5.60 Å². The molecule has 0 aromatic carbocycles. The van der Waals surface area contributed by atoms with Crippen molar-refractivity contribution in [3.05, 3.63) is 0 Å². The molecule has 0 radical (unpaired) electrons. The Labute approximate surface area is 100 Å². The van der Waals surface area contributed by atoms with E-state index in [-0.39, 0.29) is 5.60 Å². The van der Waals surface area contributed by atoms with Crippen LogP contribution >= 0.6 is 0 Å². The van der Waals surface area contributed by atoms with Crippen molar-refractivity contribution < 1.29 is 4.74 Å². The maximum Gasteiger partial charge on any atom is 0.0666 e. The standard InChI is InChI=1S/C14H27NO/c1-4-14(3)10-13(8-9-16-14)15-11(2)12-6-5-7-12/h11-13,15H,4-10H2,1-3H3.